The van der Waals surface area contributed by atoms with Crippen LogP contribution in [0.1, 0.15) is 19.5 Å². The first-order chi connectivity index (χ1) is 7.88. The summed E-state index contributed by atoms with van der Waals surface area (Å²) < 4.78 is 23.6. The Hall–Kier alpha value is -1.49. The largest absolute Gasteiger partial charge is 0.399 e. The SMILES string of the molecule is CC(C)S(=O)(=O)Cc1cc2ccc(N)cc2[nH]1. The molecular weight excluding hydrogens is 236 g/mol. The summed E-state index contributed by atoms with van der Waals surface area (Å²) in [6, 6.07) is 7.35. The summed E-state index contributed by atoms with van der Waals surface area (Å²) >= 11 is 0. The quantitative estimate of drug-likeness (QED) is 0.821. The molecule has 3 N–H and O–H groups in total. The van der Waals surface area contributed by atoms with Gasteiger partial charge in [0.15, 0.2) is 9.84 Å². The van der Waals surface area contributed by atoms with Crippen LogP contribution < -0.4 is 5.73 Å². The average Bonchev–Trinajstić information content (AvgIpc) is 2.57. The summed E-state index contributed by atoms with van der Waals surface area (Å²) in [5.74, 6) is 0.0409. The Kier molecular flexibility index (Phi) is 2.87. The summed E-state index contributed by atoms with van der Waals surface area (Å²) in [7, 11) is -3.07. The van der Waals surface area contributed by atoms with Gasteiger partial charge in [0.25, 0.3) is 0 Å². The molecule has 0 amide bonds. The van der Waals surface area contributed by atoms with Gasteiger partial charge >= 0.3 is 0 Å². The molecule has 5 heteroatoms. The molecule has 0 aliphatic rings. The summed E-state index contributed by atoms with van der Waals surface area (Å²) in [5, 5.41) is 0.618. The maximum absolute atomic E-state index is 11.8. The van der Waals surface area contributed by atoms with Crippen LogP contribution in [0.25, 0.3) is 10.9 Å². The Morgan fingerprint density at radius 1 is 1.29 bits per heavy atom. The highest BCUT2D eigenvalue weighted by Crippen LogP contribution is 2.20. The molecule has 0 radical (unpaired) electrons. The summed E-state index contributed by atoms with van der Waals surface area (Å²) in [6.07, 6.45) is 0. The van der Waals surface area contributed by atoms with Crippen molar-refractivity contribution in [2.75, 3.05) is 5.73 Å². The van der Waals surface area contributed by atoms with Crippen LogP contribution in [0.4, 0.5) is 5.69 Å². The van der Waals surface area contributed by atoms with Crippen LogP contribution in [0.5, 0.6) is 0 Å². The highest BCUT2D eigenvalue weighted by molar-refractivity contribution is 7.91. The lowest BCUT2D eigenvalue weighted by Crippen LogP contribution is -2.16. The Labute approximate surface area is 101 Å². The lowest BCUT2D eigenvalue weighted by Gasteiger charge is -2.05. The molecule has 1 heterocycles. The van der Waals surface area contributed by atoms with Gasteiger partial charge in [-0.05, 0) is 37.4 Å². The van der Waals surface area contributed by atoms with E-state index >= 15 is 0 Å². The number of rotatable bonds is 3. The number of hydrogen-bond acceptors (Lipinski definition) is 3. The van der Waals surface area contributed by atoms with E-state index in [1.165, 1.54) is 0 Å². The fourth-order valence-corrected chi connectivity index (χ4v) is 2.59. The molecule has 0 unspecified atom stereocenters. The number of anilines is 1. The second-order valence-electron chi connectivity index (χ2n) is 4.50. The maximum atomic E-state index is 11.8. The first kappa shape index (κ1) is 12.0. The molecule has 17 heavy (non-hydrogen) atoms. The molecule has 0 atom stereocenters. The van der Waals surface area contributed by atoms with Gasteiger partial charge in [0.2, 0.25) is 0 Å². The van der Waals surface area contributed by atoms with Crippen molar-refractivity contribution >= 4 is 26.4 Å². The monoisotopic (exact) mass is 252 g/mol. The molecule has 0 aliphatic heterocycles. The minimum absolute atomic E-state index is 0.0409. The zero-order valence-electron chi connectivity index (χ0n) is 9.90. The van der Waals surface area contributed by atoms with Crippen LogP contribution >= 0.6 is 0 Å². The molecule has 0 bridgehead atoms. The smallest absolute Gasteiger partial charge is 0.158 e. The molecule has 0 fully saturated rings. The van der Waals surface area contributed by atoms with E-state index in [9.17, 15) is 8.42 Å². The van der Waals surface area contributed by atoms with E-state index in [1.807, 2.05) is 12.1 Å². The maximum Gasteiger partial charge on any atom is 0.158 e. The second kappa shape index (κ2) is 4.07. The molecule has 0 saturated heterocycles. The van der Waals surface area contributed by atoms with E-state index in [0.717, 1.165) is 10.9 Å². The number of aromatic nitrogens is 1. The van der Waals surface area contributed by atoms with E-state index in [1.54, 1.807) is 26.0 Å². The zero-order chi connectivity index (χ0) is 12.6. The van der Waals surface area contributed by atoms with Crippen LogP contribution in [-0.2, 0) is 15.6 Å². The summed E-state index contributed by atoms with van der Waals surface area (Å²) in [4.78, 5) is 3.09. The summed E-state index contributed by atoms with van der Waals surface area (Å²) in [6.45, 7) is 3.38. The molecule has 0 saturated carbocycles. The van der Waals surface area contributed by atoms with Crippen LogP contribution in [0.2, 0.25) is 0 Å². The fourth-order valence-electron chi connectivity index (χ4n) is 1.67. The van der Waals surface area contributed by atoms with Crippen molar-refractivity contribution in [1.29, 1.82) is 0 Å². The molecule has 0 spiro atoms. The number of hydrogen-bond donors (Lipinski definition) is 2. The zero-order valence-corrected chi connectivity index (χ0v) is 10.7. The normalized spacial score (nSPS) is 12.4. The summed E-state index contributed by atoms with van der Waals surface area (Å²) in [5.41, 5.74) is 7.92. The van der Waals surface area contributed by atoms with Gasteiger partial charge in [-0.15, -0.1) is 0 Å². The van der Waals surface area contributed by atoms with Gasteiger partial charge in [0.1, 0.15) is 0 Å². The van der Waals surface area contributed by atoms with Crippen LogP contribution in [0, 0.1) is 0 Å². The molecular formula is C12H16N2O2S. The predicted molar refractivity (Wildman–Crippen MR) is 70.5 cm³/mol. The Morgan fingerprint density at radius 3 is 2.65 bits per heavy atom. The number of sulfone groups is 1. The number of fused-ring (bicyclic) bond motifs is 1. The first-order valence-electron chi connectivity index (χ1n) is 5.47. The van der Waals surface area contributed by atoms with Gasteiger partial charge < -0.3 is 10.7 Å². The minimum Gasteiger partial charge on any atom is -0.399 e. The van der Waals surface area contributed by atoms with Gasteiger partial charge in [-0.1, -0.05) is 6.07 Å². The van der Waals surface area contributed by atoms with Crippen molar-refractivity contribution in [3.05, 3.63) is 30.0 Å². The first-order valence-corrected chi connectivity index (χ1v) is 7.19. The van der Waals surface area contributed by atoms with Crippen molar-refractivity contribution < 1.29 is 8.42 Å². The van der Waals surface area contributed by atoms with Crippen molar-refractivity contribution in [1.82, 2.24) is 4.98 Å². The van der Waals surface area contributed by atoms with Crippen molar-refractivity contribution in [3.63, 3.8) is 0 Å². The number of H-pyrrole nitrogens is 1. The van der Waals surface area contributed by atoms with Crippen LogP contribution in [0.15, 0.2) is 24.3 Å². The molecule has 0 aliphatic carbocycles. The third-order valence-electron chi connectivity index (χ3n) is 2.78. The van der Waals surface area contributed by atoms with Crippen molar-refractivity contribution in [2.45, 2.75) is 24.9 Å². The van der Waals surface area contributed by atoms with E-state index in [2.05, 4.69) is 4.98 Å². The lowest BCUT2D eigenvalue weighted by molar-refractivity contribution is 0.586. The molecule has 92 valence electrons. The number of nitrogen functional groups attached to an aromatic ring is 1. The second-order valence-corrected chi connectivity index (χ2v) is 7.05. The van der Waals surface area contributed by atoms with E-state index in [4.69, 9.17) is 5.73 Å². The third-order valence-corrected chi connectivity index (χ3v) is 4.93. The fraction of sp³-hybridized carbons (Fsp3) is 0.333. The Morgan fingerprint density at radius 2 is 2.00 bits per heavy atom. The van der Waals surface area contributed by atoms with E-state index < -0.39 is 9.84 Å². The third kappa shape index (κ3) is 2.44. The molecule has 2 rings (SSSR count). The van der Waals surface area contributed by atoms with Gasteiger partial charge in [0.05, 0.1) is 11.0 Å². The lowest BCUT2D eigenvalue weighted by atomic mass is 10.2. The van der Waals surface area contributed by atoms with Crippen molar-refractivity contribution in [3.8, 4) is 0 Å². The van der Waals surface area contributed by atoms with E-state index in [0.29, 0.717) is 11.4 Å². The number of nitrogens with two attached hydrogens (primary N) is 1. The van der Waals surface area contributed by atoms with Crippen LogP contribution in [-0.4, -0.2) is 18.7 Å². The van der Waals surface area contributed by atoms with Gasteiger partial charge in [0, 0.05) is 16.9 Å². The van der Waals surface area contributed by atoms with Gasteiger partial charge in [-0.2, -0.15) is 0 Å². The Bertz CT molecular complexity index is 642. The number of benzene rings is 1. The Balaban J connectivity index is 2.38. The highest BCUT2D eigenvalue weighted by atomic mass is 32.2. The van der Waals surface area contributed by atoms with Gasteiger partial charge in [-0.25, -0.2) is 8.42 Å². The van der Waals surface area contributed by atoms with Crippen LogP contribution in [0.3, 0.4) is 0 Å². The topological polar surface area (TPSA) is 75.9 Å². The highest BCUT2D eigenvalue weighted by Gasteiger charge is 2.17. The van der Waals surface area contributed by atoms with E-state index in [-0.39, 0.29) is 11.0 Å². The predicted octanol–water partition coefficient (Wildman–Crippen LogP) is 2.07. The molecule has 4 nitrogen and oxygen atoms in total. The molecule has 2 aromatic rings. The molecule has 1 aromatic carbocycles. The van der Waals surface area contributed by atoms with Gasteiger partial charge in [-0.3, -0.25) is 0 Å². The van der Waals surface area contributed by atoms with Crippen molar-refractivity contribution in [2.24, 2.45) is 0 Å². The number of nitrogens with one attached hydrogen (secondary N) is 1. The number of aromatic amines is 1. The minimum atomic E-state index is -3.07. The molecule has 1 aromatic heterocycles. The average molecular weight is 252 g/mol. The standard InChI is InChI=1S/C12H16N2O2S/c1-8(2)17(15,16)7-11-5-9-3-4-10(13)6-12(9)14-11/h3-6,8,14H,7,13H2,1-2H3.